The molecule has 20 heavy (non-hydrogen) atoms. The molecule has 1 heterocycles. The summed E-state index contributed by atoms with van der Waals surface area (Å²) in [5, 5.41) is 0. The molecule has 1 aromatic rings. The van der Waals surface area contributed by atoms with Crippen molar-refractivity contribution in [2.75, 3.05) is 20.1 Å². The zero-order valence-corrected chi connectivity index (χ0v) is 12.9. The van der Waals surface area contributed by atoms with E-state index in [2.05, 4.69) is 38.1 Å². The molecule has 1 aromatic carbocycles. The number of urea groups is 1. The zero-order valence-electron chi connectivity index (χ0n) is 12.9. The van der Waals surface area contributed by atoms with Crippen molar-refractivity contribution in [3.8, 4) is 0 Å². The summed E-state index contributed by atoms with van der Waals surface area (Å²) >= 11 is 0. The van der Waals surface area contributed by atoms with E-state index in [4.69, 9.17) is 0 Å². The van der Waals surface area contributed by atoms with Crippen LogP contribution in [0.4, 0.5) is 4.79 Å². The fraction of sp³-hybridized carbons (Fsp3) is 0.588. The maximum atomic E-state index is 12.3. The Morgan fingerprint density at radius 2 is 1.75 bits per heavy atom. The summed E-state index contributed by atoms with van der Waals surface area (Å²) in [5.74, 6) is 0.553. The third-order valence-corrected chi connectivity index (χ3v) is 4.02. The van der Waals surface area contributed by atoms with Crippen LogP contribution in [0, 0.1) is 0 Å². The van der Waals surface area contributed by atoms with Crippen LogP contribution >= 0.6 is 0 Å². The van der Waals surface area contributed by atoms with Gasteiger partial charge in [-0.2, -0.15) is 0 Å². The van der Waals surface area contributed by atoms with E-state index in [0.29, 0.717) is 12.5 Å². The van der Waals surface area contributed by atoms with Gasteiger partial charge in [0.1, 0.15) is 0 Å². The fourth-order valence-corrected chi connectivity index (χ4v) is 2.68. The topological polar surface area (TPSA) is 23.6 Å². The number of carbonyl (C=O) groups excluding carboxylic acids is 1. The maximum absolute atomic E-state index is 12.3. The van der Waals surface area contributed by atoms with Crippen LogP contribution in [-0.2, 0) is 6.54 Å². The lowest BCUT2D eigenvalue weighted by Gasteiger charge is -2.31. The molecule has 0 aliphatic carbocycles. The Bertz CT molecular complexity index is 433. The molecule has 0 bridgehead atoms. The molecule has 1 fully saturated rings. The van der Waals surface area contributed by atoms with Crippen LogP contribution in [0.3, 0.4) is 0 Å². The second-order valence-electron chi connectivity index (χ2n) is 6.08. The molecular formula is C17H26N2O. The molecule has 2 rings (SSSR count). The van der Waals surface area contributed by atoms with Gasteiger partial charge in [-0.25, -0.2) is 4.79 Å². The summed E-state index contributed by atoms with van der Waals surface area (Å²) in [6.07, 6.45) is 3.54. The van der Waals surface area contributed by atoms with E-state index >= 15 is 0 Å². The first-order valence-corrected chi connectivity index (χ1v) is 7.67. The SMILES string of the molecule is CC(C)c1ccc(CN(C)C(=O)N2CCCCC2)cc1. The molecule has 1 saturated heterocycles. The number of amides is 2. The quantitative estimate of drug-likeness (QED) is 0.821. The average Bonchev–Trinajstić information content (AvgIpc) is 2.48. The van der Waals surface area contributed by atoms with Crippen LogP contribution < -0.4 is 0 Å². The number of likely N-dealkylation sites (tertiary alicyclic amines) is 1. The lowest BCUT2D eigenvalue weighted by atomic mass is 10.0. The molecule has 0 atom stereocenters. The van der Waals surface area contributed by atoms with Crippen LogP contribution in [0.2, 0.25) is 0 Å². The summed E-state index contributed by atoms with van der Waals surface area (Å²) in [5.41, 5.74) is 2.54. The predicted molar refractivity (Wildman–Crippen MR) is 82.8 cm³/mol. The molecule has 2 amide bonds. The van der Waals surface area contributed by atoms with Crippen LogP contribution in [0.1, 0.15) is 50.2 Å². The highest BCUT2D eigenvalue weighted by atomic mass is 16.2. The van der Waals surface area contributed by atoms with Crippen molar-refractivity contribution in [1.29, 1.82) is 0 Å². The molecule has 0 unspecified atom stereocenters. The molecule has 1 aliphatic rings. The first-order valence-electron chi connectivity index (χ1n) is 7.67. The van der Waals surface area contributed by atoms with Gasteiger partial charge in [-0.3, -0.25) is 0 Å². The van der Waals surface area contributed by atoms with Crippen molar-refractivity contribution < 1.29 is 4.79 Å². The van der Waals surface area contributed by atoms with Gasteiger partial charge in [-0.15, -0.1) is 0 Å². The van der Waals surface area contributed by atoms with Gasteiger partial charge in [-0.05, 0) is 36.3 Å². The van der Waals surface area contributed by atoms with E-state index in [0.717, 1.165) is 25.9 Å². The number of benzene rings is 1. The van der Waals surface area contributed by atoms with Crippen molar-refractivity contribution in [2.24, 2.45) is 0 Å². The highest BCUT2D eigenvalue weighted by Gasteiger charge is 2.19. The van der Waals surface area contributed by atoms with Gasteiger partial charge in [0, 0.05) is 26.7 Å². The highest BCUT2D eigenvalue weighted by molar-refractivity contribution is 5.74. The van der Waals surface area contributed by atoms with Crippen LogP contribution in [-0.4, -0.2) is 36.0 Å². The predicted octanol–water partition coefficient (Wildman–Crippen LogP) is 3.85. The van der Waals surface area contributed by atoms with Crippen LogP contribution in [0.5, 0.6) is 0 Å². The van der Waals surface area contributed by atoms with E-state index in [-0.39, 0.29) is 6.03 Å². The molecule has 0 radical (unpaired) electrons. The minimum absolute atomic E-state index is 0.164. The second-order valence-corrected chi connectivity index (χ2v) is 6.08. The third kappa shape index (κ3) is 3.75. The minimum atomic E-state index is 0.164. The van der Waals surface area contributed by atoms with Gasteiger partial charge < -0.3 is 9.80 Å². The number of piperidine rings is 1. The normalized spacial score (nSPS) is 15.5. The van der Waals surface area contributed by atoms with E-state index in [9.17, 15) is 4.79 Å². The Labute approximate surface area is 122 Å². The third-order valence-electron chi connectivity index (χ3n) is 4.02. The van der Waals surface area contributed by atoms with Gasteiger partial charge in [0.15, 0.2) is 0 Å². The van der Waals surface area contributed by atoms with Crippen molar-refractivity contribution in [1.82, 2.24) is 9.80 Å². The Kier molecular flexibility index (Phi) is 5.05. The summed E-state index contributed by atoms with van der Waals surface area (Å²) in [6.45, 7) is 6.90. The minimum Gasteiger partial charge on any atom is -0.325 e. The molecular weight excluding hydrogens is 248 g/mol. The Balaban J connectivity index is 1.92. The van der Waals surface area contributed by atoms with Gasteiger partial charge in [-0.1, -0.05) is 38.1 Å². The van der Waals surface area contributed by atoms with Gasteiger partial charge in [0.25, 0.3) is 0 Å². The lowest BCUT2D eigenvalue weighted by molar-refractivity contribution is 0.151. The zero-order chi connectivity index (χ0) is 14.5. The Hall–Kier alpha value is -1.51. The number of carbonyl (C=O) groups is 1. The van der Waals surface area contributed by atoms with Gasteiger partial charge in [0.05, 0.1) is 0 Å². The first kappa shape index (κ1) is 14.9. The van der Waals surface area contributed by atoms with E-state index < -0.39 is 0 Å². The van der Waals surface area contributed by atoms with Gasteiger partial charge >= 0.3 is 6.03 Å². The highest BCUT2D eigenvalue weighted by Crippen LogP contribution is 2.16. The largest absolute Gasteiger partial charge is 0.325 e. The van der Waals surface area contributed by atoms with E-state index in [1.165, 1.54) is 17.5 Å². The lowest BCUT2D eigenvalue weighted by Crippen LogP contribution is -2.43. The first-order chi connectivity index (χ1) is 9.58. The molecule has 3 heteroatoms. The molecule has 0 spiro atoms. The number of hydrogen-bond acceptors (Lipinski definition) is 1. The number of rotatable bonds is 3. The summed E-state index contributed by atoms with van der Waals surface area (Å²) in [4.78, 5) is 16.1. The summed E-state index contributed by atoms with van der Waals surface area (Å²) < 4.78 is 0. The Morgan fingerprint density at radius 1 is 1.15 bits per heavy atom. The van der Waals surface area contributed by atoms with Crippen molar-refractivity contribution in [2.45, 2.75) is 45.6 Å². The number of hydrogen-bond donors (Lipinski definition) is 0. The van der Waals surface area contributed by atoms with E-state index in [1.54, 1.807) is 0 Å². The van der Waals surface area contributed by atoms with Crippen molar-refractivity contribution in [3.63, 3.8) is 0 Å². The number of nitrogens with zero attached hydrogens (tertiary/aromatic N) is 2. The summed E-state index contributed by atoms with van der Waals surface area (Å²) in [6, 6.07) is 8.76. The van der Waals surface area contributed by atoms with Crippen LogP contribution in [0.15, 0.2) is 24.3 Å². The van der Waals surface area contributed by atoms with E-state index in [1.807, 2.05) is 16.8 Å². The Morgan fingerprint density at radius 3 is 2.30 bits per heavy atom. The molecule has 0 N–H and O–H groups in total. The standard InChI is InChI=1S/C17H26N2O/c1-14(2)16-9-7-15(8-10-16)13-18(3)17(20)19-11-5-4-6-12-19/h7-10,14H,4-6,11-13H2,1-3H3. The summed E-state index contributed by atoms with van der Waals surface area (Å²) in [7, 11) is 1.90. The smallest absolute Gasteiger partial charge is 0.320 e. The van der Waals surface area contributed by atoms with Crippen molar-refractivity contribution >= 4 is 6.03 Å². The molecule has 1 aliphatic heterocycles. The van der Waals surface area contributed by atoms with Crippen molar-refractivity contribution in [3.05, 3.63) is 35.4 Å². The average molecular weight is 274 g/mol. The monoisotopic (exact) mass is 274 g/mol. The van der Waals surface area contributed by atoms with Crippen LogP contribution in [0.25, 0.3) is 0 Å². The second kappa shape index (κ2) is 6.78. The molecule has 0 aromatic heterocycles. The maximum Gasteiger partial charge on any atom is 0.320 e. The molecule has 0 saturated carbocycles. The molecule has 3 nitrogen and oxygen atoms in total. The fourth-order valence-electron chi connectivity index (χ4n) is 2.68. The molecule has 110 valence electrons. The van der Waals surface area contributed by atoms with Gasteiger partial charge in [0.2, 0.25) is 0 Å².